The average Bonchev–Trinajstić information content (AvgIpc) is 3.21. The molecule has 1 aliphatic rings. The van der Waals surface area contributed by atoms with Crippen molar-refractivity contribution in [3.63, 3.8) is 0 Å². The number of hydrogen-bond acceptors (Lipinski definition) is 4. The Labute approximate surface area is 155 Å². The summed E-state index contributed by atoms with van der Waals surface area (Å²) >= 11 is 0. The van der Waals surface area contributed by atoms with Gasteiger partial charge in [-0.2, -0.15) is 0 Å². The summed E-state index contributed by atoms with van der Waals surface area (Å²) in [6.07, 6.45) is 3.74. The monoisotopic (exact) mass is 362 g/mol. The van der Waals surface area contributed by atoms with Crippen molar-refractivity contribution in [1.29, 1.82) is 0 Å². The number of imidazole rings is 1. The third kappa shape index (κ3) is 3.27. The highest BCUT2D eigenvalue weighted by molar-refractivity contribution is 6.06. The number of nitrogens with zero attached hydrogens (tertiary/aromatic N) is 1. The lowest BCUT2D eigenvalue weighted by atomic mass is 9.89. The van der Waals surface area contributed by atoms with Gasteiger partial charge in [0.25, 0.3) is 5.91 Å². The van der Waals surface area contributed by atoms with Crippen LogP contribution >= 0.6 is 0 Å². The lowest BCUT2D eigenvalue weighted by molar-refractivity contribution is -0.116. The van der Waals surface area contributed by atoms with Crippen LogP contribution in [-0.4, -0.2) is 28.9 Å². The Bertz CT molecular complexity index is 998. The maximum absolute atomic E-state index is 12.6. The first-order chi connectivity index (χ1) is 13.2. The summed E-state index contributed by atoms with van der Waals surface area (Å²) in [7, 11) is 1.52. The fourth-order valence-electron chi connectivity index (χ4n) is 3.29. The van der Waals surface area contributed by atoms with Gasteiger partial charge in [-0.15, -0.1) is 0 Å². The number of carbonyl (C=O) groups is 2. The van der Waals surface area contributed by atoms with E-state index in [0.717, 1.165) is 11.4 Å². The van der Waals surface area contributed by atoms with Gasteiger partial charge < -0.3 is 20.4 Å². The fraction of sp³-hybridized carbons (Fsp3) is 0.150. The van der Waals surface area contributed by atoms with E-state index in [9.17, 15) is 9.59 Å². The zero-order valence-corrected chi connectivity index (χ0v) is 14.7. The van der Waals surface area contributed by atoms with Crippen LogP contribution in [0, 0.1) is 0 Å². The molecule has 4 rings (SSSR count). The summed E-state index contributed by atoms with van der Waals surface area (Å²) in [5.74, 6) is 0.744. The largest absolute Gasteiger partial charge is 0.496 e. The van der Waals surface area contributed by atoms with Crippen LogP contribution in [0.15, 0.2) is 54.9 Å². The molecule has 0 saturated heterocycles. The normalized spacial score (nSPS) is 15.6. The summed E-state index contributed by atoms with van der Waals surface area (Å²) in [4.78, 5) is 32.1. The van der Waals surface area contributed by atoms with Gasteiger partial charge in [0.1, 0.15) is 11.6 Å². The van der Waals surface area contributed by atoms with Crippen LogP contribution in [0.25, 0.3) is 0 Å². The average molecular weight is 362 g/mol. The lowest BCUT2D eigenvalue weighted by Gasteiger charge is -2.25. The van der Waals surface area contributed by atoms with Crippen molar-refractivity contribution in [1.82, 2.24) is 9.97 Å². The third-order valence-electron chi connectivity index (χ3n) is 4.55. The van der Waals surface area contributed by atoms with Crippen LogP contribution in [0.3, 0.4) is 0 Å². The van der Waals surface area contributed by atoms with Gasteiger partial charge in [0.05, 0.1) is 18.6 Å². The van der Waals surface area contributed by atoms with Gasteiger partial charge in [0.2, 0.25) is 5.91 Å². The fourth-order valence-corrected chi connectivity index (χ4v) is 3.29. The first kappa shape index (κ1) is 16.8. The van der Waals surface area contributed by atoms with E-state index in [-0.39, 0.29) is 17.7 Å². The van der Waals surface area contributed by atoms with E-state index in [1.165, 1.54) is 7.11 Å². The van der Waals surface area contributed by atoms with E-state index in [0.29, 0.717) is 29.1 Å². The Kier molecular flexibility index (Phi) is 4.33. The van der Waals surface area contributed by atoms with E-state index < -0.39 is 0 Å². The molecule has 7 nitrogen and oxygen atoms in total. The molecule has 1 aromatic heterocycles. The number of ether oxygens (including phenoxy) is 1. The van der Waals surface area contributed by atoms with Crippen molar-refractivity contribution < 1.29 is 14.3 Å². The minimum Gasteiger partial charge on any atom is -0.496 e. The maximum Gasteiger partial charge on any atom is 0.259 e. The molecule has 3 aromatic rings. The Morgan fingerprint density at radius 2 is 2.11 bits per heavy atom. The second-order valence-electron chi connectivity index (χ2n) is 6.24. The predicted molar refractivity (Wildman–Crippen MR) is 101 cm³/mol. The molecule has 0 saturated carbocycles. The van der Waals surface area contributed by atoms with Gasteiger partial charge in [0.15, 0.2) is 0 Å². The molecule has 0 fully saturated rings. The van der Waals surface area contributed by atoms with E-state index >= 15 is 0 Å². The number of para-hydroxylation sites is 1. The Balaban J connectivity index is 1.62. The summed E-state index contributed by atoms with van der Waals surface area (Å²) < 4.78 is 5.24. The lowest BCUT2D eigenvalue weighted by Crippen LogP contribution is -2.24. The molecule has 3 N–H and O–H groups in total. The quantitative estimate of drug-likeness (QED) is 0.664. The minimum atomic E-state index is -0.280. The molecule has 2 heterocycles. The number of rotatable bonds is 4. The number of methoxy groups -OCH3 is 1. The van der Waals surface area contributed by atoms with E-state index in [1.807, 2.05) is 12.1 Å². The van der Waals surface area contributed by atoms with Crippen LogP contribution in [0.4, 0.5) is 11.4 Å². The number of nitrogens with one attached hydrogen (secondary N) is 3. The van der Waals surface area contributed by atoms with Crippen LogP contribution in [0.2, 0.25) is 0 Å². The smallest absolute Gasteiger partial charge is 0.259 e. The standard InChI is InChI=1S/C20H18N4O3/c1-27-17-5-3-2-4-14(17)20(26)23-12-6-7-13-15(19-21-8-9-22-19)11-18(25)24-16(13)10-12/h2-10,15H,11H2,1H3,(H,21,22)(H,23,26)(H,24,25)/t15-/m1/s1. The van der Waals surface area contributed by atoms with Gasteiger partial charge >= 0.3 is 0 Å². The van der Waals surface area contributed by atoms with Gasteiger partial charge in [-0.25, -0.2) is 4.98 Å². The van der Waals surface area contributed by atoms with Crippen LogP contribution < -0.4 is 15.4 Å². The first-order valence-corrected chi connectivity index (χ1v) is 8.53. The molecular formula is C20H18N4O3. The minimum absolute atomic E-state index is 0.0860. The number of carbonyl (C=O) groups excluding carboxylic acids is 2. The highest BCUT2D eigenvalue weighted by Crippen LogP contribution is 2.37. The number of anilines is 2. The van der Waals surface area contributed by atoms with Gasteiger partial charge in [-0.05, 0) is 29.8 Å². The molecule has 2 amide bonds. The van der Waals surface area contributed by atoms with Crippen LogP contribution in [0.1, 0.15) is 34.1 Å². The Morgan fingerprint density at radius 1 is 1.26 bits per heavy atom. The number of hydrogen-bond donors (Lipinski definition) is 3. The van der Waals surface area contributed by atoms with Gasteiger partial charge in [0, 0.05) is 30.2 Å². The highest BCUT2D eigenvalue weighted by Gasteiger charge is 2.28. The molecule has 7 heteroatoms. The summed E-state index contributed by atoms with van der Waals surface area (Å²) in [5.41, 5.74) is 2.66. The zero-order chi connectivity index (χ0) is 18.8. The molecular weight excluding hydrogens is 344 g/mol. The second kappa shape index (κ2) is 6.95. The van der Waals surface area contributed by atoms with E-state index in [4.69, 9.17) is 4.74 Å². The van der Waals surface area contributed by atoms with Crippen molar-refractivity contribution in [2.45, 2.75) is 12.3 Å². The number of H-pyrrole nitrogens is 1. The predicted octanol–water partition coefficient (Wildman–Crippen LogP) is 3.14. The summed E-state index contributed by atoms with van der Waals surface area (Å²) in [5, 5.41) is 5.72. The number of benzene rings is 2. The Morgan fingerprint density at radius 3 is 2.89 bits per heavy atom. The van der Waals surface area contributed by atoms with Gasteiger partial charge in [-0.1, -0.05) is 18.2 Å². The topological polar surface area (TPSA) is 96.1 Å². The number of amides is 2. The molecule has 0 spiro atoms. The number of aromatic nitrogens is 2. The molecule has 1 aliphatic heterocycles. The molecule has 0 unspecified atom stereocenters. The third-order valence-corrected chi connectivity index (χ3v) is 4.55. The van der Waals surface area contributed by atoms with Crippen molar-refractivity contribution >= 4 is 23.2 Å². The number of aromatic amines is 1. The van der Waals surface area contributed by atoms with E-state index in [1.54, 1.807) is 42.7 Å². The molecule has 27 heavy (non-hydrogen) atoms. The highest BCUT2D eigenvalue weighted by atomic mass is 16.5. The van der Waals surface area contributed by atoms with E-state index in [2.05, 4.69) is 20.6 Å². The Hall–Kier alpha value is -3.61. The summed E-state index contributed by atoms with van der Waals surface area (Å²) in [6, 6.07) is 12.5. The molecule has 1 atom stereocenters. The van der Waals surface area contributed by atoms with Crippen molar-refractivity contribution in [2.24, 2.45) is 0 Å². The van der Waals surface area contributed by atoms with Crippen LogP contribution in [0.5, 0.6) is 5.75 Å². The molecule has 0 radical (unpaired) electrons. The maximum atomic E-state index is 12.6. The summed E-state index contributed by atoms with van der Waals surface area (Å²) in [6.45, 7) is 0. The first-order valence-electron chi connectivity index (χ1n) is 8.53. The number of fused-ring (bicyclic) bond motifs is 1. The second-order valence-corrected chi connectivity index (χ2v) is 6.24. The van der Waals surface area contributed by atoms with Crippen molar-refractivity contribution in [3.8, 4) is 5.75 Å². The molecule has 136 valence electrons. The molecule has 2 aromatic carbocycles. The molecule has 0 aliphatic carbocycles. The zero-order valence-electron chi connectivity index (χ0n) is 14.7. The van der Waals surface area contributed by atoms with Crippen LogP contribution in [-0.2, 0) is 4.79 Å². The molecule has 0 bridgehead atoms. The SMILES string of the molecule is COc1ccccc1C(=O)Nc1ccc2c(c1)NC(=O)C[C@H]2c1ncc[nH]1. The van der Waals surface area contributed by atoms with Crippen molar-refractivity contribution in [3.05, 3.63) is 71.8 Å². The van der Waals surface area contributed by atoms with Crippen molar-refractivity contribution in [2.75, 3.05) is 17.7 Å². The van der Waals surface area contributed by atoms with Gasteiger partial charge in [-0.3, -0.25) is 9.59 Å².